The maximum Gasteiger partial charge on any atom is 0.327 e. The maximum atomic E-state index is 12.5. The van der Waals surface area contributed by atoms with E-state index in [1.54, 1.807) is 17.3 Å². The maximum absolute atomic E-state index is 12.5. The fourth-order valence-electron chi connectivity index (χ4n) is 2.31. The van der Waals surface area contributed by atoms with E-state index >= 15 is 0 Å². The Hall–Kier alpha value is -0.660. The minimum absolute atomic E-state index is 0.131. The second-order valence-corrected chi connectivity index (χ2v) is 7.31. The van der Waals surface area contributed by atoms with Crippen LogP contribution in [0, 0.1) is 5.92 Å². The lowest BCUT2D eigenvalue weighted by Crippen LogP contribution is -2.59. The molecule has 1 aliphatic carbocycles. The number of thioether (sulfide) groups is 1. The van der Waals surface area contributed by atoms with Gasteiger partial charge in [-0.25, -0.2) is 0 Å². The molecular formula is C13H21N3O2S2. The molecule has 0 spiro atoms. The van der Waals surface area contributed by atoms with Gasteiger partial charge in [-0.3, -0.25) is 10.1 Å². The molecule has 7 heteroatoms. The van der Waals surface area contributed by atoms with E-state index in [4.69, 9.17) is 4.74 Å². The van der Waals surface area contributed by atoms with Crippen LogP contribution in [0.4, 0.5) is 0 Å². The number of nitrogens with one attached hydrogen (secondary N) is 1. The largest absolute Gasteiger partial charge is 0.465 e. The summed E-state index contributed by atoms with van der Waals surface area (Å²) in [7, 11) is 0. The molecule has 1 aliphatic rings. The van der Waals surface area contributed by atoms with Crippen molar-refractivity contribution in [1.29, 1.82) is 0 Å². The standard InChI is InChI=1S/C13H21N3O2S2/c1-4-18-11(17)13(10-5-6-10,15-9(2)3)7-19-12-16-14-8-20-12/h8-10,15H,4-7H2,1-3H3. The fraction of sp³-hybridized carbons (Fsp3) is 0.769. The van der Waals surface area contributed by atoms with Gasteiger partial charge < -0.3 is 4.74 Å². The molecule has 1 saturated carbocycles. The van der Waals surface area contributed by atoms with Gasteiger partial charge >= 0.3 is 5.97 Å². The van der Waals surface area contributed by atoms with Crippen LogP contribution in [0.5, 0.6) is 0 Å². The first-order valence-electron chi connectivity index (χ1n) is 6.92. The second-order valence-electron chi connectivity index (χ2n) is 5.26. The molecule has 0 aliphatic heterocycles. The zero-order valence-electron chi connectivity index (χ0n) is 12.1. The highest BCUT2D eigenvalue weighted by Crippen LogP contribution is 2.43. The number of carbonyl (C=O) groups is 1. The Morgan fingerprint density at radius 1 is 1.65 bits per heavy atom. The van der Waals surface area contributed by atoms with Crippen molar-refractivity contribution in [3.63, 3.8) is 0 Å². The summed E-state index contributed by atoms with van der Waals surface area (Å²) in [5.74, 6) is 0.877. The van der Waals surface area contributed by atoms with Crippen molar-refractivity contribution in [3.8, 4) is 0 Å². The first-order chi connectivity index (χ1) is 9.58. The topological polar surface area (TPSA) is 64.1 Å². The third kappa shape index (κ3) is 3.71. The molecule has 1 N–H and O–H groups in total. The average molecular weight is 315 g/mol. The minimum atomic E-state index is -0.597. The zero-order valence-corrected chi connectivity index (χ0v) is 13.7. The smallest absolute Gasteiger partial charge is 0.327 e. The Morgan fingerprint density at radius 3 is 2.90 bits per heavy atom. The van der Waals surface area contributed by atoms with E-state index in [9.17, 15) is 4.79 Å². The van der Waals surface area contributed by atoms with Gasteiger partial charge in [0, 0.05) is 11.8 Å². The number of aromatic nitrogens is 2. The Labute approximate surface area is 127 Å². The summed E-state index contributed by atoms with van der Waals surface area (Å²) in [5.41, 5.74) is 1.11. The Kier molecular flexibility index (Phi) is 5.40. The molecule has 0 amide bonds. The Morgan fingerprint density at radius 2 is 2.40 bits per heavy atom. The van der Waals surface area contributed by atoms with E-state index in [2.05, 4.69) is 29.4 Å². The highest BCUT2D eigenvalue weighted by atomic mass is 32.2. The van der Waals surface area contributed by atoms with Crippen LogP contribution >= 0.6 is 23.1 Å². The van der Waals surface area contributed by atoms with Crippen molar-refractivity contribution in [1.82, 2.24) is 15.5 Å². The molecule has 0 aromatic carbocycles. The summed E-state index contributed by atoms with van der Waals surface area (Å²) in [6, 6.07) is 0.232. The molecule has 0 radical (unpaired) electrons. The highest BCUT2D eigenvalue weighted by Gasteiger charge is 2.52. The summed E-state index contributed by atoms with van der Waals surface area (Å²) in [6.45, 7) is 6.39. The van der Waals surface area contributed by atoms with Crippen LogP contribution in [0.2, 0.25) is 0 Å². The van der Waals surface area contributed by atoms with Gasteiger partial charge in [0.1, 0.15) is 11.0 Å². The van der Waals surface area contributed by atoms with E-state index in [-0.39, 0.29) is 12.0 Å². The Bertz CT molecular complexity index is 435. The number of hydrogen-bond donors (Lipinski definition) is 1. The predicted octanol–water partition coefficient (Wildman–Crippen LogP) is 2.34. The van der Waals surface area contributed by atoms with Gasteiger partial charge in [-0.1, -0.05) is 23.1 Å². The van der Waals surface area contributed by atoms with Gasteiger partial charge in [-0.15, -0.1) is 10.2 Å². The lowest BCUT2D eigenvalue weighted by Gasteiger charge is -2.34. The lowest BCUT2D eigenvalue weighted by molar-refractivity contribution is -0.151. The van der Waals surface area contributed by atoms with Gasteiger partial charge in [0.15, 0.2) is 4.34 Å². The molecule has 1 atom stereocenters. The van der Waals surface area contributed by atoms with Crippen LogP contribution in [-0.4, -0.2) is 40.1 Å². The van der Waals surface area contributed by atoms with Gasteiger partial charge in [-0.05, 0) is 39.5 Å². The molecule has 1 unspecified atom stereocenters. The first kappa shape index (κ1) is 15.7. The molecule has 5 nitrogen and oxygen atoms in total. The third-order valence-electron chi connectivity index (χ3n) is 3.22. The molecule has 20 heavy (non-hydrogen) atoms. The molecule has 0 bridgehead atoms. The van der Waals surface area contributed by atoms with Crippen molar-refractivity contribution >= 4 is 29.1 Å². The van der Waals surface area contributed by atoms with Crippen LogP contribution in [0.1, 0.15) is 33.6 Å². The monoisotopic (exact) mass is 315 g/mol. The van der Waals surface area contributed by atoms with Crippen LogP contribution in [-0.2, 0) is 9.53 Å². The summed E-state index contributed by atoms with van der Waals surface area (Å²) in [6.07, 6.45) is 2.16. The van der Waals surface area contributed by atoms with E-state index in [1.807, 2.05) is 6.92 Å². The van der Waals surface area contributed by atoms with Crippen molar-refractivity contribution < 1.29 is 9.53 Å². The quantitative estimate of drug-likeness (QED) is 0.587. The summed E-state index contributed by atoms with van der Waals surface area (Å²) in [5, 5.41) is 11.3. The zero-order chi connectivity index (χ0) is 14.6. The summed E-state index contributed by atoms with van der Waals surface area (Å²) in [4.78, 5) is 12.5. The number of carbonyl (C=O) groups excluding carboxylic acids is 1. The van der Waals surface area contributed by atoms with Crippen LogP contribution in [0.25, 0.3) is 0 Å². The predicted molar refractivity (Wildman–Crippen MR) is 81.0 cm³/mol. The van der Waals surface area contributed by atoms with Gasteiger partial charge in [0.2, 0.25) is 0 Å². The number of hydrogen-bond acceptors (Lipinski definition) is 7. The first-order valence-corrected chi connectivity index (χ1v) is 8.79. The van der Waals surface area contributed by atoms with Crippen LogP contribution in [0.15, 0.2) is 9.85 Å². The highest BCUT2D eigenvalue weighted by molar-refractivity contribution is 8.01. The van der Waals surface area contributed by atoms with Gasteiger partial charge in [-0.2, -0.15) is 0 Å². The van der Waals surface area contributed by atoms with Crippen molar-refractivity contribution in [2.45, 2.75) is 49.5 Å². The normalized spacial score (nSPS) is 18.0. The van der Waals surface area contributed by atoms with E-state index < -0.39 is 5.54 Å². The SMILES string of the molecule is CCOC(=O)C(CSc1nncs1)(NC(C)C)C1CC1. The van der Waals surface area contributed by atoms with Gasteiger partial charge in [0.25, 0.3) is 0 Å². The van der Waals surface area contributed by atoms with E-state index in [0.717, 1.165) is 17.2 Å². The molecule has 1 aromatic heterocycles. The molecule has 0 saturated heterocycles. The Balaban J connectivity index is 2.13. The number of esters is 1. The molecule has 2 rings (SSSR count). The fourth-order valence-corrected chi connectivity index (χ4v) is 4.06. The molecule has 1 fully saturated rings. The van der Waals surface area contributed by atoms with Crippen molar-refractivity contribution in [3.05, 3.63) is 5.51 Å². The second kappa shape index (κ2) is 6.87. The average Bonchev–Trinajstić information content (AvgIpc) is 3.12. The van der Waals surface area contributed by atoms with E-state index in [1.165, 1.54) is 11.3 Å². The number of nitrogens with zero attached hydrogens (tertiary/aromatic N) is 2. The third-order valence-corrected chi connectivity index (χ3v) is 5.28. The van der Waals surface area contributed by atoms with Crippen molar-refractivity contribution in [2.24, 2.45) is 5.92 Å². The van der Waals surface area contributed by atoms with Crippen LogP contribution < -0.4 is 5.32 Å². The molecule has 112 valence electrons. The van der Waals surface area contributed by atoms with Gasteiger partial charge in [0.05, 0.1) is 6.61 Å². The lowest BCUT2D eigenvalue weighted by atomic mass is 9.94. The summed E-state index contributed by atoms with van der Waals surface area (Å²) < 4.78 is 6.23. The number of rotatable bonds is 8. The van der Waals surface area contributed by atoms with E-state index in [0.29, 0.717) is 18.3 Å². The molecular weight excluding hydrogens is 294 g/mol. The molecule has 1 heterocycles. The summed E-state index contributed by atoms with van der Waals surface area (Å²) >= 11 is 3.08. The van der Waals surface area contributed by atoms with Crippen molar-refractivity contribution in [2.75, 3.05) is 12.4 Å². The van der Waals surface area contributed by atoms with Crippen LogP contribution in [0.3, 0.4) is 0 Å². The minimum Gasteiger partial charge on any atom is -0.465 e. The number of ether oxygens (including phenoxy) is 1. The molecule has 1 aromatic rings.